The number of halogens is 3. The molecule has 1 N–H and O–H groups in total. The van der Waals surface area contributed by atoms with Crippen LogP contribution < -0.4 is 5.32 Å². The lowest BCUT2D eigenvalue weighted by Gasteiger charge is -2.20. The normalized spacial score (nSPS) is 12.1. The Morgan fingerprint density at radius 3 is 2.26 bits per heavy atom. The number of esters is 1. The average Bonchev–Trinajstić information content (AvgIpc) is 2.90. The molecule has 39 heavy (non-hydrogen) atoms. The van der Waals surface area contributed by atoms with Crippen LogP contribution in [0.15, 0.2) is 85.1 Å². The molecular weight excluding hydrogens is 522 g/mol. The second-order valence-electron chi connectivity index (χ2n) is 10.0. The molecule has 8 heteroatoms. The molecule has 0 bridgehead atoms. The van der Waals surface area contributed by atoms with Gasteiger partial charge in [0.15, 0.2) is 5.82 Å². The van der Waals surface area contributed by atoms with Crippen molar-refractivity contribution in [3.05, 3.63) is 119 Å². The number of aromatic nitrogens is 1. The maximum atomic E-state index is 14.5. The Hall–Kier alpha value is -4.10. The second-order valence-corrected chi connectivity index (χ2v) is 10.4. The Morgan fingerprint density at radius 1 is 0.949 bits per heavy atom. The molecule has 0 aliphatic rings. The SMILES string of the molecule is CC(C)(C)OC(=O)c1ccc(NC(=O)C(Cc2ccccc2)c2ccc(-c3c(F)ccc(Cl)c3F)cn2)cc1. The third kappa shape index (κ3) is 7.06. The second kappa shape index (κ2) is 11.7. The maximum absolute atomic E-state index is 14.5. The lowest BCUT2D eigenvalue weighted by Crippen LogP contribution is -2.24. The third-order valence-corrected chi connectivity index (χ3v) is 6.15. The van der Waals surface area contributed by atoms with Crippen molar-refractivity contribution in [2.75, 3.05) is 5.32 Å². The molecule has 1 atom stereocenters. The van der Waals surface area contributed by atoms with Crippen LogP contribution in [0.2, 0.25) is 5.02 Å². The summed E-state index contributed by atoms with van der Waals surface area (Å²) in [6, 6.07) is 21.2. The number of amides is 1. The quantitative estimate of drug-likeness (QED) is 0.191. The van der Waals surface area contributed by atoms with Crippen LogP contribution >= 0.6 is 11.6 Å². The van der Waals surface area contributed by atoms with Crippen molar-refractivity contribution in [2.45, 2.75) is 38.7 Å². The number of ether oxygens (including phenoxy) is 1. The van der Waals surface area contributed by atoms with Crippen molar-refractivity contribution in [3.8, 4) is 11.1 Å². The van der Waals surface area contributed by atoms with Crippen molar-refractivity contribution in [3.63, 3.8) is 0 Å². The largest absolute Gasteiger partial charge is 0.456 e. The van der Waals surface area contributed by atoms with Crippen LogP contribution in [0.3, 0.4) is 0 Å². The number of nitrogens with one attached hydrogen (secondary N) is 1. The number of carbonyl (C=O) groups excluding carboxylic acids is 2. The molecule has 0 spiro atoms. The van der Waals surface area contributed by atoms with Gasteiger partial charge >= 0.3 is 5.97 Å². The molecule has 3 aromatic carbocycles. The van der Waals surface area contributed by atoms with E-state index in [2.05, 4.69) is 10.3 Å². The minimum atomic E-state index is -0.875. The molecule has 0 radical (unpaired) electrons. The van der Waals surface area contributed by atoms with Crippen molar-refractivity contribution in [1.82, 2.24) is 4.98 Å². The summed E-state index contributed by atoms with van der Waals surface area (Å²) >= 11 is 5.84. The van der Waals surface area contributed by atoms with E-state index in [0.717, 1.165) is 17.7 Å². The number of benzene rings is 3. The highest BCUT2D eigenvalue weighted by Gasteiger charge is 2.24. The summed E-state index contributed by atoms with van der Waals surface area (Å²) in [6.07, 6.45) is 1.67. The summed E-state index contributed by atoms with van der Waals surface area (Å²) < 4.78 is 34.3. The van der Waals surface area contributed by atoms with Crippen molar-refractivity contribution >= 4 is 29.2 Å². The van der Waals surface area contributed by atoms with Gasteiger partial charge < -0.3 is 10.1 Å². The summed E-state index contributed by atoms with van der Waals surface area (Å²) in [5, 5.41) is 2.68. The zero-order valence-corrected chi connectivity index (χ0v) is 22.4. The molecule has 200 valence electrons. The molecule has 1 amide bonds. The standard InChI is InChI=1S/C31H27ClF2N2O3/c1-31(2,3)39-30(38)20-9-12-22(13-10-20)36-29(37)23(17-19-7-5-4-6-8-19)26-16-11-21(18-35-26)27-25(33)15-14-24(32)28(27)34/h4-16,18,23H,17H2,1-3H3,(H,36,37). The number of pyridine rings is 1. The van der Waals surface area contributed by atoms with Gasteiger partial charge in [-0.3, -0.25) is 9.78 Å². The average molecular weight is 549 g/mol. The van der Waals surface area contributed by atoms with Gasteiger partial charge in [-0.25, -0.2) is 13.6 Å². The van der Waals surface area contributed by atoms with Crippen LogP contribution in [0, 0.1) is 11.6 Å². The van der Waals surface area contributed by atoms with Crippen LogP contribution in [0.25, 0.3) is 11.1 Å². The number of rotatable bonds is 7. The van der Waals surface area contributed by atoms with E-state index in [1.165, 1.54) is 12.3 Å². The predicted molar refractivity (Wildman–Crippen MR) is 148 cm³/mol. The molecule has 1 heterocycles. The fourth-order valence-electron chi connectivity index (χ4n) is 3.99. The van der Waals surface area contributed by atoms with Gasteiger partial charge in [0.05, 0.1) is 27.8 Å². The van der Waals surface area contributed by atoms with E-state index in [9.17, 15) is 18.4 Å². The van der Waals surface area contributed by atoms with E-state index in [1.807, 2.05) is 30.3 Å². The Bertz CT molecular complexity index is 1470. The summed E-state index contributed by atoms with van der Waals surface area (Å²) in [5.74, 6) is -3.14. The molecule has 0 saturated heterocycles. The lowest BCUT2D eigenvalue weighted by molar-refractivity contribution is -0.117. The lowest BCUT2D eigenvalue weighted by atomic mass is 9.93. The van der Waals surface area contributed by atoms with E-state index < -0.39 is 29.1 Å². The first kappa shape index (κ1) is 27.9. The van der Waals surface area contributed by atoms with E-state index in [-0.39, 0.29) is 22.1 Å². The molecule has 1 aromatic heterocycles. The first-order chi connectivity index (χ1) is 18.5. The van der Waals surface area contributed by atoms with Gasteiger partial charge in [-0.05, 0) is 75.2 Å². The highest BCUT2D eigenvalue weighted by molar-refractivity contribution is 6.31. The van der Waals surface area contributed by atoms with Crippen LogP contribution in [0.4, 0.5) is 14.5 Å². The van der Waals surface area contributed by atoms with Gasteiger partial charge in [-0.1, -0.05) is 48.0 Å². The Morgan fingerprint density at radius 2 is 1.64 bits per heavy atom. The van der Waals surface area contributed by atoms with E-state index in [4.69, 9.17) is 16.3 Å². The van der Waals surface area contributed by atoms with E-state index >= 15 is 0 Å². The zero-order chi connectivity index (χ0) is 28.2. The molecule has 5 nitrogen and oxygen atoms in total. The minimum Gasteiger partial charge on any atom is -0.456 e. The van der Waals surface area contributed by atoms with Crippen molar-refractivity contribution in [1.29, 1.82) is 0 Å². The molecule has 4 rings (SSSR count). The molecule has 1 unspecified atom stereocenters. The minimum absolute atomic E-state index is 0.200. The first-order valence-electron chi connectivity index (χ1n) is 12.3. The molecule has 0 aliphatic heterocycles. The van der Waals surface area contributed by atoms with E-state index in [1.54, 1.807) is 51.1 Å². The van der Waals surface area contributed by atoms with Gasteiger partial charge in [0.2, 0.25) is 5.91 Å². The van der Waals surface area contributed by atoms with E-state index in [0.29, 0.717) is 23.4 Å². The zero-order valence-electron chi connectivity index (χ0n) is 21.7. The number of hydrogen-bond acceptors (Lipinski definition) is 4. The highest BCUT2D eigenvalue weighted by Crippen LogP contribution is 2.31. The van der Waals surface area contributed by atoms with Crippen LogP contribution in [-0.2, 0) is 16.0 Å². The number of anilines is 1. The Kier molecular flexibility index (Phi) is 8.41. The smallest absolute Gasteiger partial charge is 0.338 e. The summed E-state index contributed by atoms with van der Waals surface area (Å²) in [7, 11) is 0. The third-order valence-electron chi connectivity index (χ3n) is 5.86. The monoisotopic (exact) mass is 548 g/mol. The fraction of sp³-hybridized carbons (Fsp3) is 0.194. The maximum Gasteiger partial charge on any atom is 0.338 e. The summed E-state index contributed by atoms with van der Waals surface area (Å²) in [5.41, 5.74) is 1.49. The van der Waals surface area contributed by atoms with Crippen LogP contribution in [0.1, 0.15) is 48.3 Å². The van der Waals surface area contributed by atoms with Crippen molar-refractivity contribution in [2.24, 2.45) is 0 Å². The first-order valence-corrected chi connectivity index (χ1v) is 12.7. The summed E-state index contributed by atoms with van der Waals surface area (Å²) in [6.45, 7) is 5.36. The number of hydrogen-bond donors (Lipinski definition) is 1. The van der Waals surface area contributed by atoms with Crippen LogP contribution in [-0.4, -0.2) is 22.5 Å². The molecule has 0 fully saturated rings. The molecule has 4 aromatic rings. The number of nitrogens with zero attached hydrogens (tertiary/aromatic N) is 1. The molecule has 0 saturated carbocycles. The fourth-order valence-corrected chi connectivity index (χ4v) is 4.15. The van der Waals surface area contributed by atoms with Gasteiger partial charge in [-0.15, -0.1) is 0 Å². The predicted octanol–water partition coefficient (Wildman–Crippen LogP) is 7.60. The molecular formula is C31H27ClF2N2O3. The summed E-state index contributed by atoms with van der Waals surface area (Å²) in [4.78, 5) is 30.2. The van der Waals surface area contributed by atoms with Gasteiger partial charge in [-0.2, -0.15) is 0 Å². The Balaban J connectivity index is 1.59. The van der Waals surface area contributed by atoms with Gasteiger partial charge in [0, 0.05) is 17.4 Å². The topological polar surface area (TPSA) is 68.3 Å². The van der Waals surface area contributed by atoms with Crippen LogP contribution in [0.5, 0.6) is 0 Å². The van der Waals surface area contributed by atoms with Gasteiger partial charge in [0.25, 0.3) is 0 Å². The Labute approximate surface area is 230 Å². The molecule has 0 aliphatic carbocycles. The number of carbonyl (C=O) groups is 2. The van der Waals surface area contributed by atoms with Gasteiger partial charge in [0.1, 0.15) is 11.4 Å². The highest BCUT2D eigenvalue weighted by atomic mass is 35.5. The van der Waals surface area contributed by atoms with Crippen molar-refractivity contribution < 1.29 is 23.1 Å².